The van der Waals surface area contributed by atoms with Crippen molar-refractivity contribution >= 4 is 40.4 Å². The van der Waals surface area contributed by atoms with Crippen molar-refractivity contribution in [3.63, 3.8) is 0 Å². The van der Waals surface area contributed by atoms with Crippen LogP contribution in [-0.4, -0.2) is 21.9 Å². The van der Waals surface area contributed by atoms with E-state index in [-0.39, 0.29) is 17.6 Å². The van der Waals surface area contributed by atoms with E-state index in [0.29, 0.717) is 22.7 Å². The zero-order chi connectivity index (χ0) is 22.1. The van der Waals surface area contributed by atoms with Crippen LogP contribution in [0, 0.1) is 11.8 Å². The normalized spacial score (nSPS) is 17.5. The fraction of sp³-hybridized carbons (Fsp3) is 0.148. The van der Waals surface area contributed by atoms with Gasteiger partial charge >= 0.3 is 0 Å². The van der Waals surface area contributed by atoms with E-state index >= 15 is 0 Å². The van der Waals surface area contributed by atoms with Gasteiger partial charge in [0.1, 0.15) is 0 Å². The summed E-state index contributed by atoms with van der Waals surface area (Å²) in [5.41, 5.74) is 4.47. The highest BCUT2D eigenvalue weighted by atomic mass is 16.2. The lowest BCUT2D eigenvalue weighted by Gasteiger charge is -2.07. The van der Waals surface area contributed by atoms with Crippen molar-refractivity contribution in [2.75, 3.05) is 5.32 Å². The first-order chi connectivity index (χ1) is 15.6. The van der Waals surface area contributed by atoms with Crippen LogP contribution in [0.15, 0.2) is 72.8 Å². The number of nitrogens with one attached hydrogen (secondary N) is 2. The molecule has 0 bridgehead atoms. The highest BCUT2D eigenvalue weighted by Gasteiger charge is 2.39. The average Bonchev–Trinajstić information content (AvgIpc) is 3.42. The summed E-state index contributed by atoms with van der Waals surface area (Å²) in [6, 6.07) is 22.7. The summed E-state index contributed by atoms with van der Waals surface area (Å²) in [7, 11) is 0. The zero-order valence-corrected chi connectivity index (χ0v) is 17.7. The molecule has 5 heteroatoms. The fourth-order valence-electron chi connectivity index (χ4n) is 3.88. The van der Waals surface area contributed by atoms with Gasteiger partial charge in [-0.15, -0.1) is 0 Å². The largest absolute Gasteiger partial charge is 0.326 e. The molecule has 158 valence electrons. The number of aromatic amines is 1. The number of ketones is 1. The number of anilines is 1. The minimum atomic E-state index is -0.0984. The lowest BCUT2D eigenvalue weighted by atomic mass is 10.0. The minimum absolute atomic E-state index is 0.0251. The molecule has 1 amide bonds. The van der Waals surface area contributed by atoms with E-state index in [1.54, 1.807) is 18.2 Å². The van der Waals surface area contributed by atoms with Gasteiger partial charge in [0, 0.05) is 28.1 Å². The number of H-pyrrole nitrogens is 1. The Morgan fingerprint density at radius 2 is 1.75 bits per heavy atom. The summed E-state index contributed by atoms with van der Waals surface area (Å²) >= 11 is 0. The SMILES string of the molecule is CC1CC1C(=O)Nc1cccc(C(=O)c2ccc3c(/C=C/c4ccccc4)n[nH]c3c2)c1. The predicted molar refractivity (Wildman–Crippen MR) is 127 cm³/mol. The van der Waals surface area contributed by atoms with E-state index in [1.165, 1.54) is 0 Å². The van der Waals surface area contributed by atoms with Crippen molar-refractivity contribution in [1.29, 1.82) is 0 Å². The van der Waals surface area contributed by atoms with Gasteiger partial charge < -0.3 is 5.32 Å². The standard InChI is InChI=1S/C27H23N3O2/c1-17-14-23(17)27(32)28-21-9-5-8-19(15-21)26(31)20-11-12-22-24(29-30-25(22)16-20)13-10-18-6-3-2-4-7-18/h2-13,15-17,23H,14H2,1H3,(H,28,32)(H,29,30)/b13-10+. The van der Waals surface area contributed by atoms with Crippen molar-refractivity contribution in [3.8, 4) is 0 Å². The Bertz CT molecular complexity index is 1340. The summed E-state index contributed by atoms with van der Waals surface area (Å²) < 4.78 is 0. The molecule has 5 nitrogen and oxygen atoms in total. The number of amides is 1. The van der Waals surface area contributed by atoms with Gasteiger partial charge in [0.2, 0.25) is 5.91 Å². The molecule has 0 aliphatic heterocycles. The van der Waals surface area contributed by atoms with E-state index in [2.05, 4.69) is 22.4 Å². The smallest absolute Gasteiger partial charge is 0.227 e. The van der Waals surface area contributed by atoms with Crippen LogP contribution in [0.5, 0.6) is 0 Å². The molecule has 1 heterocycles. The third-order valence-corrected chi connectivity index (χ3v) is 5.93. The topological polar surface area (TPSA) is 74.8 Å². The number of aromatic nitrogens is 2. The Morgan fingerprint density at radius 1 is 0.969 bits per heavy atom. The van der Waals surface area contributed by atoms with Crippen molar-refractivity contribution in [2.45, 2.75) is 13.3 Å². The number of rotatable bonds is 6. The summed E-state index contributed by atoms with van der Waals surface area (Å²) in [5, 5.41) is 11.3. The highest BCUT2D eigenvalue weighted by molar-refractivity contribution is 6.11. The van der Waals surface area contributed by atoms with Crippen LogP contribution in [0.2, 0.25) is 0 Å². The average molecular weight is 422 g/mol. The van der Waals surface area contributed by atoms with Crippen LogP contribution < -0.4 is 5.32 Å². The van der Waals surface area contributed by atoms with Crippen LogP contribution in [-0.2, 0) is 4.79 Å². The first-order valence-electron chi connectivity index (χ1n) is 10.8. The number of carbonyl (C=O) groups is 2. The molecule has 2 unspecified atom stereocenters. The van der Waals surface area contributed by atoms with Crippen LogP contribution in [0.4, 0.5) is 5.69 Å². The van der Waals surface area contributed by atoms with Crippen LogP contribution in [0.25, 0.3) is 23.1 Å². The van der Waals surface area contributed by atoms with Crippen molar-refractivity contribution in [1.82, 2.24) is 10.2 Å². The van der Waals surface area contributed by atoms with Crippen molar-refractivity contribution < 1.29 is 9.59 Å². The molecule has 1 aliphatic rings. The summed E-state index contributed by atoms with van der Waals surface area (Å²) in [4.78, 5) is 25.3. The Balaban J connectivity index is 1.36. The molecule has 4 aromatic rings. The Hall–Kier alpha value is -3.99. The Kier molecular flexibility index (Phi) is 5.15. The maximum absolute atomic E-state index is 13.1. The van der Waals surface area contributed by atoms with E-state index in [4.69, 9.17) is 0 Å². The molecule has 1 fully saturated rings. The molecule has 2 N–H and O–H groups in total. The van der Waals surface area contributed by atoms with Gasteiger partial charge in [0.05, 0.1) is 11.2 Å². The van der Waals surface area contributed by atoms with Gasteiger partial charge in [-0.05, 0) is 48.2 Å². The summed E-state index contributed by atoms with van der Waals surface area (Å²) in [6.07, 6.45) is 4.90. The number of hydrogen-bond donors (Lipinski definition) is 2. The van der Waals surface area contributed by atoms with Crippen molar-refractivity contribution in [2.24, 2.45) is 11.8 Å². The molecule has 0 radical (unpaired) electrons. The Morgan fingerprint density at radius 3 is 2.53 bits per heavy atom. The van der Waals surface area contributed by atoms with Gasteiger partial charge in [0.25, 0.3) is 0 Å². The molecule has 1 saturated carbocycles. The maximum atomic E-state index is 13.1. The monoisotopic (exact) mass is 421 g/mol. The van der Waals surface area contributed by atoms with E-state index in [9.17, 15) is 9.59 Å². The second-order valence-electron chi connectivity index (χ2n) is 8.33. The molecule has 1 aromatic heterocycles. The molecule has 0 spiro atoms. The number of carbonyl (C=O) groups excluding carboxylic acids is 2. The molecule has 2 atom stereocenters. The van der Waals surface area contributed by atoms with Crippen LogP contribution >= 0.6 is 0 Å². The molecular weight excluding hydrogens is 398 g/mol. The third kappa shape index (κ3) is 4.10. The van der Waals surface area contributed by atoms with Gasteiger partial charge in [-0.25, -0.2) is 0 Å². The van der Waals surface area contributed by atoms with Crippen LogP contribution in [0.3, 0.4) is 0 Å². The molecular formula is C27H23N3O2. The molecule has 1 aliphatic carbocycles. The second-order valence-corrected chi connectivity index (χ2v) is 8.33. The van der Waals surface area contributed by atoms with Gasteiger partial charge in [-0.3, -0.25) is 14.7 Å². The van der Waals surface area contributed by atoms with Crippen LogP contribution in [0.1, 0.15) is 40.5 Å². The first kappa shape index (κ1) is 19.9. The molecule has 3 aromatic carbocycles. The predicted octanol–water partition coefficient (Wildman–Crippen LogP) is 5.56. The Labute approximate surface area is 186 Å². The molecule has 32 heavy (non-hydrogen) atoms. The number of hydrogen-bond acceptors (Lipinski definition) is 3. The molecule has 5 rings (SSSR count). The molecule has 0 saturated heterocycles. The van der Waals surface area contributed by atoms with Gasteiger partial charge in [0.15, 0.2) is 5.78 Å². The number of nitrogens with zero attached hydrogens (tertiary/aromatic N) is 1. The first-order valence-corrected chi connectivity index (χ1v) is 10.8. The summed E-state index contributed by atoms with van der Waals surface area (Å²) in [5.74, 6) is 0.450. The zero-order valence-electron chi connectivity index (χ0n) is 17.7. The lowest BCUT2D eigenvalue weighted by molar-refractivity contribution is -0.117. The van der Waals surface area contributed by atoms with E-state index < -0.39 is 0 Å². The lowest BCUT2D eigenvalue weighted by Crippen LogP contribution is -2.14. The highest BCUT2D eigenvalue weighted by Crippen LogP contribution is 2.38. The third-order valence-electron chi connectivity index (χ3n) is 5.93. The van der Waals surface area contributed by atoms with E-state index in [1.807, 2.05) is 66.7 Å². The fourth-order valence-corrected chi connectivity index (χ4v) is 3.88. The van der Waals surface area contributed by atoms with Gasteiger partial charge in [-0.2, -0.15) is 5.10 Å². The van der Waals surface area contributed by atoms with Gasteiger partial charge in [-0.1, -0.05) is 61.5 Å². The minimum Gasteiger partial charge on any atom is -0.326 e. The number of fused-ring (bicyclic) bond motifs is 1. The second kappa shape index (κ2) is 8.27. The maximum Gasteiger partial charge on any atom is 0.227 e. The quantitative estimate of drug-likeness (QED) is 0.400. The van der Waals surface area contributed by atoms with E-state index in [0.717, 1.165) is 28.6 Å². The number of benzene rings is 3. The van der Waals surface area contributed by atoms with Crippen molar-refractivity contribution in [3.05, 3.63) is 95.2 Å². The summed E-state index contributed by atoms with van der Waals surface area (Å²) in [6.45, 7) is 2.07.